The van der Waals surface area contributed by atoms with Crippen molar-refractivity contribution < 1.29 is 4.79 Å². The minimum absolute atomic E-state index is 0.0436. The second-order valence-corrected chi connectivity index (χ2v) is 5.40. The molecule has 1 aromatic carbocycles. The first-order chi connectivity index (χ1) is 7.94. The standard InChI is InChI=1S/C14H18N2O/c1-14(2)8-12(7-13(17)9-14)16-11-5-3-10(15)4-6-11/h3-7,16H,8-9,15H2,1-2H3. The van der Waals surface area contributed by atoms with Crippen LogP contribution in [0, 0.1) is 5.41 Å². The van der Waals surface area contributed by atoms with Crippen molar-refractivity contribution in [3.8, 4) is 0 Å². The van der Waals surface area contributed by atoms with Gasteiger partial charge in [-0.2, -0.15) is 0 Å². The maximum absolute atomic E-state index is 11.6. The maximum atomic E-state index is 11.6. The van der Waals surface area contributed by atoms with Crippen LogP contribution in [0.15, 0.2) is 36.0 Å². The molecule has 3 nitrogen and oxygen atoms in total. The molecule has 0 bridgehead atoms. The van der Waals surface area contributed by atoms with E-state index in [9.17, 15) is 4.79 Å². The molecule has 3 heteroatoms. The summed E-state index contributed by atoms with van der Waals surface area (Å²) in [6, 6.07) is 7.53. The normalized spacial score (nSPS) is 18.7. The van der Waals surface area contributed by atoms with E-state index in [4.69, 9.17) is 5.73 Å². The van der Waals surface area contributed by atoms with Gasteiger partial charge in [0.25, 0.3) is 0 Å². The summed E-state index contributed by atoms with van der Waals surface area (Å²) >= 11 is 0. The number of nitrogen functional groups attached to an aromatic ring is 1. The third-order valence-electron chi connectivity index (χ3n) is 2.87. The summed E-state index contributed by atoms with van der Waals surface area (Å²) in [5.41, 5.74) is 8.36. The largest absolute Gasteiger partial charge is 0.399 e. The maximum Gasteiger partial charge on any atom is 0.157 e. The summed E-state index contributed by atoms with van der Waals surface area (Å²) in [7, 11) is 0. The topological polar surface area (TPSA) is 55.1 Å². The van der Waals surface area contributed by atoms with Gasteiger partial charge in [0.1, 0.15) is 0 Å². The highest BCUT2D eigenvalue weighted by atomic mass is 16.1. The molecule has 0 atom stereocenters. The van der Waals surface area contributed by atoms with Gasteiger partial charge < -0.3 is 11.1 Å². The van der Waals surface area contributed by atoms with E-state index in [2.05, 4.69) is 19.2 Å². The third kappa shape index (κ3) is 3.09. The Bertz CT molecular complexity index is 458. The first-order valence-corrected chi connectivity index (χ1v) is 5.81. The zero-order valence-electron chi connectivity index (χ0n) is 10.3. The number of anilines is 2. The summed E-state index contributed by atoms with van der Waals surface area (Å²) in [6.07, 6.45) is 3.23. The lowest BCUT2D eigenvalue weighted by Gasteiger charge is -2.29. The van der Waals surface area contributed by atoms with E-state index in [0.717, 1.165) is 23.5 Å². The van der Waals surface area contributed by atoms with Crippen molar-refractivity contribution in [2.75, 3.05) is 11.1 Å². The molecular weight excluding hydrogens is 212 g/mol. The summed E-state index contributed by atoms with van der Waals surface area (Å²) in [6.45, 7) is 4.23. The highest BCUT2D eigenvalue weighted by Crippen LogP contribution is 2.33. The Kier molecular flexibility index (Phi) is 2.92. The lowest BCUT2D eigenvalue weighted by atomic mass is 9.79. The number of nitrogens with one attached hydrogen (secondary N) is 1. The molecule has 0 saturated carbocycles. The molecule has 90 valence electrons. The van der Waals surface area contributed by atoms with E-state index in [1.54, 1.807) is 6.08 Å². The Balaban J connectivity index is 2.13. The van der Waals surface area contributed by atoms with Gasteiger partial charge in [0.2, 0.25) is 0 Å². The van der Waals surface area contributed by atoms with E-state index in [-0.39, 0.29) is 11.2 Å². The molecule has 1 aliphatic rings. The molecular formula is C14H18N2O. The predicted molar refractivity (Wildman–Crippen MR) is 70.6 cm³/mol. The Morgan fingerprint density at radius 2 is 1.82 bits per heavy atom. The Morgan fingerprint density at radius 1 is 1.18 bits per heavy atom. The molecule has 1 aromatic rings. The first-order valence-electron chi connectivity index (χ1n) is 5.81. The lowest BCUT2D eigenvalue weighted by Crippen LogP contribution is -2.24. The zero-order chi connectivity index (χ0) is 12.5. The highest BCUT2D eigenvalue weighted by molar-refractivity contribution is 5.92. The summed E-state index contributed by atoms with van der Waals surface area (Å²) < 4.78 is 0. The van der Waals surface area contributed by atoms with E-state index in [0.29, 0.717) is 6.42 Å². The van der Waals surface area contributed by atoms with Gasteiger partial charge in [-0.1, -0.05) is 13.8 Å². The lowest BCUT2D eigenvalue weighted by molar-refractivity contribution is -0.117. The van der Waals surface area contributed by atoms with Crippen LogP contribution in [0.25, 0.3) is 0 Å². The fourth-order valence-electron chi connectivity index (χ4n) is 2.18. The fourth-order valence-corrected chi connectivity index (χ4v) is 2.18. The average molecular weight is 230 g/mol. The van der Waals surface area contributed by atoms with Crippen molar-refractivity contribution in [3.63, 3.8) is 0 Å². The van der Waals surface area contributed by atoms with Gasteiger partial charge in [0, 0.05) is 29.6 Å². The fraction of sp³-hybridized carbons (Fsp3) is 0.357. The zero-order valence-corrected chi connectivity index (χ0v) is 10.3. The number of nitrogens with two attached hydrogens (primary N) is 1. The van der Waals surface area contributed by atoms with Crippen molar-refractivity contribution in [1.82, 2.24) is 0 Å². The molecule has 0 saturated heterocycles. The van der Waals surface area contributed by atoms with Crippen molar-refractivity contribution in [1.29, 1.82) is 0 Å². The van der Waals surface area contributed by atoms with Crippen LogP contribution in [0.3, 0.4) is 0 Å². The Morgan fingerprint density at radius 3 is 2.41 bits per heavy atom. The molecule has 0 heterocycles. The molecule has 0 fully saturated rings. The predicted octanol–water partition coefficient (Wildman–Crippen LogP) is 2.95. The van der Waals surface area contributed by atoms with E-state index >= 15 is 0 Å². The van der Waals surface area contributed by atoms with Crippen molar-refractivity contribution >= 4 is 17.2 Å². The number of carbonyl (C=O) groups is 1. The van der Waals surface area contributed by atoms with Crippen LogP contribution in [-0.2, 0) is 4.79 Å². The van der Waals surface area contributed by atoms with Gasteiger partial charge in [-0.3, -0.25) is 4.79 Å². The smallest absolute Gasteiger partial charge is 0.157 e. The number of rotatable bonds is 2. The SMILES string of the molecule is CC1(C)CC(=O)C=C(Nc2ccc(N)cc2)C1. The van der Waals surface area contributed by atoms with Crippen LogP contribution in [0.2, 0.25) is 0 Å². The van der Waals surface area contributed by atoms with Crippen LogP contribution in [0.5, 0.6) is 0 Å². The van der Waals surface area contributed by atoms with Crippen LogP contribution >= 0.6 is 0 Å². The van der Waals surface area contributed by atoms with Crippen LogP contribution in [0.1, 0.15) is 26.7 Å². The second-order valence-electron chi connectivity index (χ2n) is 5.40. The number of hydrogen-bond acceptors (Lipinski definition) is 3. The van der Waals surface area contributed by atoms with Gasteiger partial charge in [0.05, 0.1) is 0 Å². The number of ketones is 1. The number of carbonyl (C=O) groups excluding carboxylic acids is 1. The molecule has 0 amide bonds. The monoisotopic (exact) mass is 230 g/mol. The number of benzene rings is 1. The molecule has 17 heavy (non-hydrogen) atoms. The molecule has 1 aliphatic carbocycles. The van der Waals surface area contributed by atoms with Crippen molar-refractivity contribution in [2.24, 2.45) is 5.41 Å². The first kappa shape index (κ1) is 11.7. The summed E-state index contributed by atoms with van der Waals surface area (Å²) in [5.74, 6) is 0.194. The Hall–Kier alpha value is -1.77. The van der Waals surface area contributed by atoms with Crippen molar-refractivity contribution in [3.05, 3.63) is 36.0 Å². The second kappa shape index (κ2) is 4.24. The molecule has 0 aromatic heterocycles. The van der Waals surface area contributed by atoms with E-state index < -0.39 is 0 Å². The van der Waals surface area contributed by atoms with E-state index in [1.165, 1.54) is 0 Å². The average Bonchev–Trinajstić information content (AvgIpc) is 2.18. The molecule has 0 aliphatic heterocycles. The summed E-state index contributed by atoms with van der Waals surface area (Å²) in [4.78, 5) is 11.6. The van der Waals surface area contributed by atoms with Gasteiger partial charge in [-0.05, 0) is 36.1 Å². The minimum atomic E-state index is 0.0436. The third-order valence-corrected chi connectivity index (χ3v) is 2.87. The van der Waals surface area contributed by atoms with Crippen LogP contribution < -0.4 is 11.1 Å². The molecule has 0 unspecified atom stereocenters. The highest BCUT2D eigenvalue weighted by Gasteiger charge is 2.27. The van der Waals surface area contributed by atoms with Gasteiger partial charge in [0.15, 0.2) is 5.78 Å². The molecule has 0 radical (unpaired) electrons. The number of hydrogen-bond donors (Lipinski definition) is 2. The molecule has 2 rings (SSSR count). The summed E-state index contributed by atoms with van der Waals surface area (Å²) in [5, 5.41) is 3.28. The van der Waals surface area contributed by atoms with Crippen LogP contribution in [0.4, 0.5) is 11.4 Å². The van der Waals surface area contributed by atoms with Crippen molar-refractivity contribution in [2.45, 2.75) is 26.7 Å². The Labute approximate surface area is 102 Å². The molecule has 3 N–H and O–H groups in total. The van der Waals surface area contributed by atoms with E-state index in [1.807, 2.05) is 24.3 Å². The molecule has 0 spiro atoms. The number of allylic oxidation sites excluding steroid dienone is 2. The van der Waals surface area contributed by atoms with Crippen LogP contribution in [-0.4, -0.2) is 5.78 Å². The quantitative estimate of drug-likeness (QED) is 0.768. The van der Waals surface area contributed by atoms with Gasteiger partial charge >= 0.3 is 0 Å². The van der Waals surface area contributed by atoms with Gasteiger partial charge in [-0.25, -0.2) is 0 Å². The van der Waals surface area contributed by atoms with Gasteiger partial charge in [-0.15, -0.1) is 0 Å². The minimum Gasteiger partial charge on any atom is -0.399 e.